The zero-order valence-electron chi connectivity index (χ0n) is 8.96. The highest BCUT2D eigenvalue weighted by Crippen LogP contribution is 2.34. The van der Waals surface area contributed by atoms with Crippen LogP contribution in [0.5, 0.6) is 0 Å². The molecule has 0 radical (unpaired) electrons. The van der Waals surface area contributed by atoms with E-state index in [9.17, 15) is 13.2 Å². The number of aromatic nitrogens is 3. The average molecular weight is 247 g/mol. The molecule has 0 spiro atoms. The number of nitrogens with zero attached hydrogens (tertiary/aromatic N) is 3. The number of alkyl halides is 3. The third-order valence-corrected chi connectivity index (χ3v) is 3.29. The largest absolute Gasteiger partial charge is 0.453 e. The fourth-order valence-electron chi connectivity index (χ4n) is 2.46. The van der Waals surface area contributed by atoms with Gasteiger partial charge in [-0.15, -0.1) is 5.10 Å². The monoisotopic (exact) mass is 247 g/mol. The van der Waals surface area contributed by atoms with Crippen LogP contribution in [0.4, 0.5) is 19.1 Å². The number of halogens is 3. The van der Waals surface area contributed by atoms with Gasteiger partial charge in [-0.25, -0.2) is 4.68 Å². The van der Waals surface area contributed by atoms with Gasteiger partial charge in [0.15, 0.2) is 0 Å². The molecule has 1 aromatic heterocycles. The molecule has 17 heavy (non-hydrogen) atoms. The molecule has 8 heteroatoms. The fourth-order valence-corrected chi connectivity index (χ4v) is 2.46. The minimum atomic E-state index is -4.48. The molecule has 1 fully saturated rings. The first-order chi connectivity index (χ1) is 8.05. The number of rotatable bonds is 0. The molecule has 0 amide bonds. The van der Waals surface area contributed by atoms with Gasteiger partial charge in [0.2, 0.25) is 5.95 Å². The number of piperidine rings is 1. The zero-order valence-corrected chi connectivity index (χ0v) is 8.96. The van der Waals surface area contributed by atoms with E-state index in [-0.39, 0.29) is 17.9 Å². The highest BCUT2D eigenvalue weighted by atomic mass is 19.4. The van der Waals surface area contributed by atoms with Gasteiger partial charge in [-0.1, -0.05) is 0 Å². The van der Waals surface area contributed by atoms with Crippen molar-refractivity contribution in [3.05, 3.63) is 5.82 Å². The Morgan fingerprint density at radius 2 is 2.12 bits per heavy atom. The molecule has 5 nitrogen and oxygen atoms in total. The van der Waals surface area contributed by atoms with Crippen molar-refractivity contribution in [1.82, 2.24) is 20.1 Å². The van der Waals surface area contributed by atoms with Crippen LogP contribution in [0.1, 0.15) is 18.3 Å². The smallest absolute Gasteiger partial charge is 0.354 e. The summed E-state index contributed by atoms with van der Waals surface area (Å²) in [6.45, 7) is 2.26. The quantitative estimate of drug-likeness (QED) is 0.714. The van der Waals surface area contributed by atoms with Crippen molar-refractivity contribution in [2.24, 2.45) is 5.92 Å². The summed E-state index contributed by atoms with van der Waals surface area (Å²) in [7, 11) is 0. The van der Waals surface area contributed by atoms with Crippen molar-refractivity contribution in [3.63, 3.8) is 0 Å². The topological polar surface area (TPSA) is 54.8 Å². The van der Waals surface area contributed by atoms with Crippen molar-refractivity contribution in [2.75, 3.05) is 25.0 Å². The third-order valence-electron chi connectivity index (χ3n) is 3.29. The van der Waals surface area contributed by atoms with Gasteiger partial charge in [0.1, 0.15) is 0 Å². The average Bonchev–Trinajstić information content (AvgIpc) is 2.72. The normalized spacial score (nSPS) is 28.2. The van der Waals surface area contributed by atoms with Crippen LogP contribution in [-0.2, 0) is 6.18 Å². The molecule has 3 rings (SSSR count). The summed E-state index contributed by atoms with van der Waals surface area (Å²) in [4.78, 5) is 3.51. The second-order valence-electron chi connectivity index (χ2n) is 4.40. The summed E-state index contributed by atoms with van der Waals surface area (Å²) in [6.07, 6.45) is -3.69. The second-order valence-corrected chi connectivity index (χ2v) is 4.40. The number of nitrogens with one attached hydrogen (secondary N) is 2. The Kier molecular flexibility index (Phi) is 2.29. The molecule has 0 saturated carbocycles. The third kappa shape index (κ3) is 1.76. The van der Waals surface area contributed by atoms with E-state index < -0.39 is 12.0 Å². The van der Waals surface area contributed by atoms with Crippen molar-refractivity contribution < 1.29 is 13.2 Å². The SMILES string of the molecule is FC(F)(F)c1nc2n(n1)C1CCNCC1CN2. The number of hydrogen-bond acceptors (Lipinski definition) is 4. The van der Waals surface area contributed by atoms with Crippen LogP contribution in [0.25, 0.3) is 0 Å². The first-order valence-corrected chi connectivity index (χ1v) is 5.54. The van der Waals surface area contributed by atoms with Gasteiger partial charge in [-0.05, 0) is 13.0 Å². The summed E-state index contributed by atoms with van der Waals surface area (Å²) >= 11 is 0. The van der Waals surface area contributed by atoms with Crippen molar-refractivity contribution in [3.8, 4) is 0 Å². The maximum absolute atomic E-state index is 12.5. The molecule has 1 aromatic rings. The summed E-state index contributed by atoms with van der Waals surface area (Å²) in [5, 5.41) is 9.73. The summed E-state index contributed by atoms with van der Waals surface area (Å²) in [6, 6.07) is 0.0242. The molecule has 2 aliphatic rings. The zero-order chi connectivity index (χ0) is 12.0. The van der Waals surface area contributed by atoms with Crippen molar-refractivity contribution in [2.45, 2.75) is 18.6 Å². The number of anilines is 1. The predicted octanol–water partition coefficient (Wildman–Crippen LogP) is 0.873. The van der Waals surface area contributed by atoms with Crippen molar-refractivity contribution >= 4 is 5.95 Å². The first-order valence-electron chi connectivity index (χ1n) is 5.54. The lowest BCUT2D eigenvalue weighted by molar-refractivity contribution is -0.145. The first kappa shape index (κ1) is 10.8. The number of hydrogen-bond donors (Lipinski definition) is 2. The highest BCUT2D eigenvalue weighted by Gasteiger charge is 2.40. The van der Waals surface area contributed by atoms with E-state index in [1.165, 1.54) is 4.68 Å². The molecule has 2 aliphatic heterocycles. The molecular formula is C9H12F3N5. The highest BCUT2D eigenvalue weighted by molar-refractivity contribution is 5.29. The van der Waals surface area contributed by atoms with E-state index in [1.807, 2.05) is 0 Å². The van der Waals surface area contributed by atoms with E-state index in [1.54, 1.807) is 0 Å². The van der Waals surface area contributed by atoms with Gasteiger partial charge < -0.3 is 10.6 Å². The Hall–Kier alpha value is -1.31. The summed E-state index contributed by atoms with van der Waals surface area (Å²) in [5.74, 6) is -0.543. The molecule has 2 unspecified atom stereocenters. The van der Waals surface area contributed by atoms with Crippen LogP contribution in [0, 0.1) is 5.92 Å². The van der Waals surface area contributed by atoms with Crippen molar-refractivity contribution in [1.29, 1.82) is 0 Å². The maximum atomic E-state index is 12.5. The summed E-state index contributed by atoms with van der Waals surface area (Å²) in [5.41, 5.74) is 0. The Bertz CT molecular complexity index is 427. The molecule has 94 valence electrons. The van der Waals surface area contributed by atoms with Gasteiger partial charge in [0.25, 0.3) is 5.82 Å². The van der Waals surface area contributed by atoms with Gasteiger partial charge in [-0.3, -0.25) is 0 Å². The minimum Gasteiger partial charge on any atom is -0.354 e. The number of fused-ring (bicyclic) bond motifs is 3. The van der Waals surface area contributed by atoms with Gasteiger partial charge in [0.05, 0.1) is 6.04 Å². The Balaban J connectivity index is 1.96. The molecule has 2 N–H and O–H groups in total. The van der Waals surface area contributed by atoms with Crippen LogP contribution < -0.4 is 10.6 Å². The molecule has 0 aliphatic carbocycles. The maximum Gasteiger partial charge on any atom is 0.453 e. The molecular weight excluding hydrogens is 235 g/mol. The van der Waals surface area contributed by atoms with Gasteiger partial charge in [-0.2, -0.15) is 18.2 Å². The lowest BCUT2D eigenvalue weighted by Gasteiger charge is -2.36. The van der Waals surface area contributed by atoms with Crippen LogP contribution in [-0.4, -0.2) is 34.4 Å². The van der Waals surface area contributed by atoms with Gasteiger partial charge in [0, 0.05) is 19.0 Å². The molecule has 1 saturated heterocycles. The molecule has 2 atom stereocenters. The lowest BCUT2D eigenvalue weighted by atomic mass is 9.92. The van der Waals surface area contributed by atoms with E-state index in [4.69, 9.17) is 0 Å². The van der Waals surface area contributed by atoms with E-state index in [0.717, 1.165) is 19.5 Å². The Labute approximate surface area is 95.4 Å². The summed E-state index contributed by atoms with van der Waals surface area (Å²) < 4.78 is 39.0. The fraction of sp³-hybridized carbons (Fsp3) is 0.778. The Morgan fingerprint density at radius 1 is 1.29 bits per heavy atom. The van der Waals surface area contributed by atoms with E-state index in [2.05, 4.69) is 20.7 Å². The van der Waals surface area contributed by atoms with Crippen LogP contribution in [0.3, 0.4) is 0 Å². The van der Waals surface area contributed by atoms with Gasteiger partial charge >= 0.3 is 6.18 Å². The second kappa shape index (κ2) is 3.59. The minimum absolute atomic E-state index is 0.0242. The Morgan fingerprint density at radius 3 is 2.88 bits per heavy atom. The van der Waals surface area contributed by atoms with Crippen LogP contribution in [0.2, 0.25) is 0 Å². The predicted molar refractivity (Wildman–Crippen MR) is 53.5 cm³/mol. The van der Waals surface area contributed by atoms with E-state index >= 15 is 0 Å². The standard InChI is InChI=1S/C9H12F3N5/c10-9(11,12)7-15-8-14-4-5-3-13-2-1-6(5)17(8)16-7/h5-6,13H,1-4H2,(H,14,15,16). The molecule has 0 bridgehead atoms. The van der Waals surface area contributed by atoms with E-state index in [0.29, 0.717) is 6.54 Å². The lowest BCUT2D eigenvalue weighted by Crippen LogP contribution is -2.44. The van der Waals surface area contributed by atoms with Crippen LogP contribution >= 0.6 is 0 Å². The molecule has 3 heterocycles. The molecule has 0 aromatic carbocycles. The van der Waals surface area contributed by atoms with Crippen LogP contribution in [0.15, 0.2) is 0 Å².